The van der Waals surface area contributed by atoms with Crippen molar-refractivity contribution >= 4 is 5.69 Å². The quantitative estimate of drug-likeness (QED) is 0.834. The summed E-state index contributed by atoms with van der Waals surface area (Å²) in [5.74, 6) is 0.164. The number of nitrogens with one attached hydrogen (secondary N) is 1. The van der Waals surface area contributed by atoms with Gasteiger partial charge in [0, 0.05) is 23.8 Å². The second-order valence-corrected chi connectivity index (χ2v) is 5.86. The molecule has 0 bridgehead atoms. The third kappa shape index (κ3) is 2.22. The first kappa shape index (κ1) is 12.8. The summed E-state index contributed by atoms with van der Waals surface area (Å²) in [6.45, 7) is 0.763. The van der Waals surface area contributed by atoms with E-state index in [-0.39, 0.29) is 18.0 Å². The van der Waals surface area contributed by atoms with Gasteiger partial charge >= 0.3 is 0 Å². The number of ether oxygens (including phenoxy) is 1. The topological polar surface area (TPSA) is 21.3 Å². The van der Waals surface area contributed by atoms with Gasteiger partial charge < -0.3 is 10.1 Å². The van der Waals surface area contributed by atoms with Gasteiger partial charge in [0.15, 0.2) is 0 Å². The Labute approximate surface area is 123 Å². The fourth-order valence-corrected chi connectivity index (χ4v) is 3.63. The van der Waals surface area contributed by atoms with Crippen LogP contribution in [0.1, 0.15) is 36.1 Å². The van der Waals surface area contributed by atoms with Crippen LogP contribution < -0.4 is 5.32 Å². The molecular formula is C18H18FNO. The highest BCUT2D eigenvalue weighted by molar-refractivity contribution is 5.57. The van der Waals surface area contributed by atoms with Crippen LogP contribution in [0.3, 0.4) is 0 Å². The van der Waals surface area contributed by atoms with Crippen LogP contribution in [0.15, 0.2) is 48.5 Å². The Balaban J connectivity index is 1.79. The lowest BCUT2D eigenvalue weighted by atomic mass is 9.77. The predicted octanol–water partition coefficient (Wildman–Crippen LogP) is 4.46. The first-order valence-corrected chi connectivity index (χ1v) is 7.55. The molecule has 3 heteroatoms. The van der Waals surface area contributed by atoms with Crippen LogP contribution in [0.4, 0.5) is 10.1 Å². The summed E-state index contributed by atoms with van der Waals surface area (Å²) < 4.78 is 19.6. The molecule has 4 rings (SSSR count). The molecule has 0 aliphatic carbocycles. The van der Waals surface area contributed by atoms with Crippen molar-refractivity contribution in [2.45, 2.75) is 25.0 Å². The first-order chi connectivity index (χ1) is 10.3. The molecule has 1 saturated heterocycles. The van der Waals surface area contributed by atoms with Gasteiger partial charge in [-0.2, -0.15) is 0 Å². The number of fused-ring (bicyclic) bond motifs is 3. The highest BCUT2D eigenvalue weighted by Gasteiger charge is 2.39. The molecule has 3 atom stereocenters. The second kappa shape index (κ2) is 5.15. The lowest BCUT2D eigenvalue weighted by molar-refractivity contribution is -0.0382. The Morgan fingerprint density at radius 2 is 1.95 bits per heavy atom. The van der Waals surface area contributed by atoms with Gasteiger partial charge in [0.25, 0.3) is 0 Å². The minimum absolute atomic E-state index is 0.00379. The molecule has 2 aliphatic heterocycles. The van der Waals surface area contributed by atoms with Crippen molar-refractivity contribution in [3.8, 4) is 0 Å². The zero-order valence-electron chi connectivity index (χ0n) is 11.8. The molecule has 0 amide bonds. The first-order valence-electron chi connectivity index (χ1n) is 7.55. The second-order valence-electron chi connectivity index (χ2n) is 5.86. The summed E-state index contributed by atoms with van der Waals surface area (Å²) in [5, 5.41) is 3.59. The maximum atomic E-state index is 13.6. The molecule has 0 unspecified atom stereocenters. The third-order valence-corrected chi connectivity index (χ3v) is 4.59. The highest BCUT2D eigenvalue weighted by atomic mass is 19.1. The number of hydrogen-bond donors (Lipinski definition) is 1. The Bertz CT molecular complexity index is 643. The predicted molar refractivity (Wildman–Crippen MR) is 80.6 cm³/mol. The fraction of sp³-hybridized carbons (Fsp3) is 0.333. The minimum Gasteiger partial charge on any atom is -0.378 e. The smallest absolute Gasteiger partial charge is 0.123 e. The maximum absolute atomic E-state index is 13.6. The van der Waals surface area contributed by atoms with Crippen LogP contribution in [0.25, 0.3) is 0 Å². The largest absolute Gasteiger partial charge is 0.378 e. The normalized spacial score (nSPS) is 27.4. The number of rotatable bonds is 1. The summed E-state index contributed by atoms with van der Waals surface area (Å²) in [7, 11) is 0. The van der Waals surface area contributed by atoms with E-state index in [2.05, 4.69) is 29.6 Å². The van der Waals surface area contributed by atoms with Crippen LogP contribution in [0, 0.1) is 11.7 Å². The lowest BCUT2D eigenvalue weighted by Crippen LogP contribution is -2.36. The summed E-state index contributed by atoms with van der Waals surface area (Å²) in [4.78, 5) is 0. The van der Waals surface area contributed by atoms with Crippen LogP contribution in [0.5, 0.6) is 0 Å². The van der Waals surface area contributed by atoms with Crippen molar-refractivity contribution in [3.05, 3.63) is 65.5 Å². The van der Waals surface area contributed by atoms with Gasteiger partial charge in [-0.25, -0.2) is 4.39 Å². The average molecular weight is 283 g/mol. The Kier molecular flexibility index (Phi) is 3.15. The van der Waals surface area contributed by atoms with Crippen LogP contribution in [-0.4, -0.2) is 6.61 Å². The molecule has 108 valence electrons. The standard InChI is InChI=1S/C18H18FNO/c19-13-8-9-16-15(11-13)18-14(7-4-10-21-18)17(20-16)12-5-2-1-3-6-12/h1-3,5-6,8-9,11,14,17-18,20H,4,7,10H2/t14-,17+,18+/m0/s1. The van der Waals surface area contributed by atoms with Crippen molar-refractivity contribution in [2.24, 2.45) is 5.92 Å². The molecule has 2 aromatic carbocycles. The Morgan fingerprint density at radius 1 is 1.10 bits per heavy atom. The molecule has 21 heavy (non-hydrogen) atoms. The molecule has 0 radical (unpaired) electrons. The summed E-state index contributed by atoms with van der Waals surface area (Å²) in [6, 6.07) is 15.7. The van der Waals surface area contributed by atoms with E-state index in [1.54, 1.807) is 6.07 Å². The van der Waals surface area contributed by atoms with Gasteiger partial charge in [-0.3, -0.25) is 0 Å². The van der Waals surface area contributed by atoms with Gasteiger partial charge in [0.1, 0.15) is 5.82 Å². The summed E-state index contributed by atoms with van der Waals surface area (Å²) >= 11 is 0. The van der Waals surface area contributed by atoms with Crippen LogP contribution in [0.2, 0.25) is 0 Å². The van der Waals surface area contributed by atoms with Gasteiger partial charge in [0.2, 0.25) is 0 Å². The van der Waals surface area contributed by atoms with Gasteiger partial charge in [-0.05, 0) is 36.6 Å². The molecule has 0 spiro atoms. The van der Waals surface area contributed by atoms with E-state index in [0.29, 0.717) is 5.92 Å². The van der Waals surface area contributed by atoms with Gasteiger partial charge in [-0.1, -0.05) is 30.3 Å². The van der Waals surface area contributed by atoms with E-state index < -0.39 is 0 Å². The zero-order valence-corrected chi connectivity index (χ0v) is 11.8. The van der Waals surface area contributed by atoms with Crippen molar-refractivity contribution in [3.63, 3.8) is 0 Å². The summed E-state index contributed by atoms with van der Waals surface area (Å²) in [5.41, 5.74) is 3.23. The monoisotopic (exact) mass is 283 g/mol. The van der Waals surface area contributed by atoms with Gasteiger partial charge in [0.05, 0.1) is 12.1 Å². The van der Waals surface area contributed by atoms with E-state index in [9.17, 15) is 4.39 Å². The molecular weight excluding hydrogens is 265 g/mol. The minimum atomic E-state index is -0.193. The van der Waals surface area contributed by atoms with E-state index in [0.717, 1.165) is 30.7 Å². The van der Waals surface area contributed by atoms with Crippen LogP contribution in [-0.2, 0) is 4.74 Å². The van der Waals surface area contributed by atoms with E-state index in [4.69, 9.17) is 4.74 Å². The number of hydrogen-bond acceptors (Lipinski definition) is 2. The third-order valence-electron chi connectivity index (χ3n) is 4.59. The molecule has 0 saturated carbocycles. The van der Waals surface area contributed by atoms with E-state index >= 15 is 0 Å². The molecule has 1 fully saturated rings. The van der Waals surface area contributed by atoms with Gasteiger partial charge in [-0.15, -0.1) is 0 Å². The Morgan fingerprint density at radius 3 is 2.81 bits per heavy atom. The molecule has 2 aromatic rings. The zero-order chi connectivity index (χ0) is 14.2. The molecule has 2 aliphatic rings. The molecule has 0 aromatic heterocycles. The summed E-state index contributed by atoms with van der Waals surface area (Å²) in [6.07, 6.45) is 2.17. The van der Waals surface area contributed by atoms with Crippen molar-refractivity contribution < 1.29 is 9.13 Å². The number of halogens is 1. The molecule has 1 N–H and O–H groups in total. The van der Waals surface area contributed by atoms with E-state index in [1.807, 2.05) is 12.1 Å². The van der Waals surface area contributed by atoms with Crippen molar-refractivity contribution in [2.75, 3.05) is 11.9 Å². The van der Waals surface area contributed by atoms with Crippen LogP contribution >= 0.6 is 0 Å². The average Bonchev–Trinajstić information content (AvgIpc) is 2.55. The maximum Gasteiger partial charge on any atom is 0.123 e. The van der Waals surface area contributed by atoms with E-state index in [1.165, 1.54) is 11.6 Å². The van der Waals surface area contributed by atoms with Crippen molar-refractivity contribution in [1.82, 2.24) is 0 Å². The van der Waals surface area contributed by atoms with Crippen molar-refractivity contribution in [1.29, 1.82) is 0 Å². The Hall–Kier alpha value is -1.87. The number of benzene rings is 2. The highest BCUT2D eigenvalue weighted by Crippen LogP contribution is 2.49. The SMILES string of the molecule is Fc1ccc2c(c1)[C@@H]1OCCC[C@H]1[C@@H](c1ccccc1)N2. The fourth-order valence-electron chi connectivity index (χ4n) is 3.63. The molecule has 2 nitrogen and oxygen atoms in total. The molecule has 2 heterocycles. The number of anilines is 1. The lowest BCUT2D eigenvalue weighted by Gasteiger charge is -2.43.